The molecule has 2 atom stereocenters. The number of nitrogens with zero attached hydrogens (tertiary/aromatic N) is 1. The lowest BCUT2D eigenvalue weighted by Crippen LogP contribution is -2.49. The third-order valence-electron chi connectivity index (χ3n) is 5.28. The van der Waals surface area contributed by atoms with Crippen molar-refractivity contribution in [3.63, 3.8) is 0 Å². The van der Waals surface area contributed by atoms with E-state index >= 15 is 0 Å². The van der Waals surface area contributed by atoms with Crippen LogP contribution < -0.4 is 15.8 Å². The van der Waals surface area contributed by atoms with Gasteiger partial charge in [-0.05, 0) is 49.5 Å². The summed E-state index contributed by atoms with van der Waals surface area (Å²) in [5, 5.41) is 3.08. The first kappa shape index (κ1) is 20.7. The van der Waals surface area contributed by atoms with Crippen molar-refractivity contribution in [3.05, 3.63) is 29.8 Å². The van der Waals surface area contributed by atoms with Gasteiger partial charge in [-0.25, -0.2) is 0 Å². The molecular formula is C20H33N3O3. The van der Waals surface area contributed by atoms with Gasteiger partial charge < -0.3 is 20.5 Å². The Kier molecular flexibility index (Phi) is 8.35. The van der Waals surface area contributed by atoms with E-state index in [-0.39, 0.29) is 17.9 Å². The second-order valence-electron chi connectivity index (χ2n) is 6.73. The van der Waals surface area contributed by atoms with Crippen LogP contribution in [0.1, 0.15) is 38.3 Å². The summed E-state index contributed by atoms with van der Waals surface area (Å²) in [4.78, 5) is 14.9. The standard InChI is InChI=1S/C20H33N3O3/c1-4-23(5-2)18(16-7-6-8-17(13-16)25-3)14-22-20(24)19(21)15-9-11-26-12-10-15/h6-8,13,15,18-19H,4-5,9-12,14,21H2,1-3H3,(H,22,24). The number of likely N-dealkylation sites (N-methyl/N-ethyl adjacent to an activating group) is 1. The van der Waals surface area contributed by atoms with Crippen LogP contribution in [0.4, 0.5) is 0 Å². The van der Waals surface area contributed by atoms with Crippen molar-refractivity contribution in [2.75, 3.05) is 40.0 Å². The zero-order valence-electron chi connectivity index (χ0n) is 16.2. The molecule has 26 heavy (non-hydrogen) atoms. The highest BCUT2D eigenvalue weighted by molar-refractivity contribution is 5.81. The Morgan fingerprint density at radius 2 is 2.04 bits per heavy atom. The molecule has 146 valence electrons. The number of hydrogen-bond acceptors (Lipinski definition) is 5. The maximum Gasteiger partial charge on any atom is 0.237 e. The first-order valence-electron chi connectivity index (χ1n) is 9.59. The van der Waals surface area contributed by atoms with Crippen LogP contribution in [0, 0.1) is 5.92 Å². The molecule has 1 fully saturated rings. The van der Waals surface area contributed by atoms with E-state index in [0.717, 1.165) is 37.2 Å². The quantitative estimate of drug-likeness (QED) is 0.701. The number of nitrogens with two attached hydrogens (primary N) is 1. The van der Waals surface area contributed by atoms with Crippen LogP contribution in [-0.2, 0) is 9.53 Å². The lowest BCUT2D eigenvalue weighted by atomic mass is 9.92. The summed E-state index contributed by atoms with van der Waals surface area (Å²) in [7, 11) is 1.67. The lowest BCUT2D eigenvalue weighted by Gasteiger charge is -2.32. The number of carbonyl (C=O) groups is 1. The summed E-state index contributed by atoms with van der Waals surface area (Å²) in [5.74, 6) is 0.953. The summed E-state index contributed by atoms with van der Waals surface area (Å²) in [6, 6.07) is 7.65. The fourth-order valence-electron chi connectivity index (χ4n) is 3.58. The lowest BCUT2D eigenvalue weighted by molar-refractivity contribution is -0.124. The predicted molar refractivity (Wildman–Crippen MR) is 103 cm³/mol. The second-order valence-corrected chi connectivity index (χ2v) is 6.73. The van der Waals surface area contributed by atoms with Crippen molar-refractivity contribution in [2.45, 2.75) is 38.8 Å². The number of methoxy groups -OCH3 is 1. The molecule has 0 saturated carbocycles. The van der Waals surface area contributed by atoms with Crippen LogP contribution >= 0.6 is 0 Å². The van der Waals surface area contributed by atoms with E-state index in [1.165, 1.54) is 0 Å². The number of carbonyl (C=O) groups excluding carboxylic acids is 1. The highest BCUT2D eigenvalue weighted by Gasteiger charge is 2.27. The molecule has 0 radical (unpaired) electrons. The Labute approximate surface area is 157 Å². The van der Waals surface area contributed by atoms with Gasteiger partial charge in [0.2, 0.25) is 5.91 Å². The van der Waals surface area contributed by atoms with Gasteiger partial charge in [0, 0.05) is 19.8 Å². The fraction of sp³-hybridized carbons (Fsp3) is 0.650. The largest absolute Gasteiger partial charge is 0.497 e. The number of hydrogen-bond donors (Lipinski definition) is 2. The molecule has 3 N–H and O–H groups in total. The van der Waals surface area contributed by atoms with Crippen LogP contribution in [0.3, 0.4) is 0 Å². The molecule has 1 aliphatic rings. The van der Waals surface area contributed by atoms with Gasteiger partial charge in [-0.3, -0.25) is 9.69 Å². The van der Waals surface area contributed by atoms with Crippen LogP contribution in [0.25, 0.3) is 0 Å². The van der Waals surface area contributed by atoms with Crippen LogP contribution in [-0.4, -0.2) is 56.8 Å². The van der Waals surface area contributed by atoms with Crippen molar-refractivity contribution in [1.29, 1.82) is 0 Å². The molecule has 6 heteroatoms. The minimum atomic E-state index is -0.471. The Bertz CT molecular complexity index is 557. The Morgan fingerprint density at radius 1 is 1.35 bits per heavy atom. The average Bonchev–Trinajstić information content (AvgIpc) is 2.71. The number of rotatable bonds is 9. The van der Waals surface area contributed by atoms with Crippen molar-refractivity contribution >= 4 is 5.91 Å². The molecule has 1 aromatic rings. The maximum absolute atomic E-state index is 12.6. The summed E-state index contributed by atoms with van der Waals surface area (Å²) >= 11 is 0. The van der Waals surface area contributed by atoms with E-state index in [1.807, 2.05) is 18.2 Å². The van der Waals surface area contributed by atoms with Gasteiger partial charge in [0.15, 0.2) is 0 Å². The van der Waals surface area contributed by atoms with Gasteiger partial charge in [-0.1, -0.05) is 26.0 Å². The highest BCUT2D eigenvalue weighted by atomic mass is 16.5. The van der Waals surface area contributed by atoms with Crippen LogP contribution in [0.5, 0.6) is 5.75 Å². The van der Waals surface area contributed by atoms with Crippen molar-refractivity contribution in [2.24, 2.45) is 11.7 Å². The predicted octanol–water partition coefficient (Wildman–Crippen LogP) is 1.95. The molecule has 1 aliphatic heterocycles. The molecular weight excluding hydrogens is 330 g/mol. The van der Waals surface area contributed by atoms with E-state index < -0.39 is 6.04 Å². The van der Waals surface area contributed by atoms with Crippen molar-refractivity contribution in [1.82, 2.24) is 10.2 Å². The van der Waals surface area contributed by atoms with Gasteiger partial charge in [-0.15, -0.1) is 0 Å². The Morgan fingerprint density at radius 3 is 2.65 bits per heavy atom. The third kappa shape index (κ3) is 5.43. The molecule has 1 heterocycles. The topological polar surface area (TPSA) is 76.8 Å². The van der Waals surface area contributed by atoms with E-state index in [4.69, 9.17) is 15.2 Å². The molecule has 1 saturated heterocycles. The molecule has 0 spiro atoms. The van der Waals surface area contributed by atoms with Gasteiger partial charge in [0.1, 0.15) is 5.75 Å². The number of benzene rings is 1. The van der Waals surface area contributed by atoms with Crippen LogP contribution in [0.15, 0.2) is 24.3 Å². The van der Waals surface area contributed by atoms with Crippen molar-refractivity contribution in [3.8, 4) is 5.75 Å². The molecule has 1 aromatic carbocycles. The number of ether oxygens (including phenoxy) is 2. The molecule has 0 aromatic heterocycles. The Hall–Kier alpha value is -1.63. The molecule has 2 unspecified atom stereocenters. The second kappa shape index (κ2) is 10.5. The average molecular weight is 364 g/mol. The SMILES string of the molecule is CCN(CC)C(CNC(=O)C(N)C1CCOCC1)c1cccc(OC)c1. The molecule has 1 amide bonds. The van der Waals surface area contributed by atoms with Crippen LogP contribution in [0.2, 0.25) is 0 Å². The summed E-state index contributed by atoms with van der Waals surface area (Å²) in [6.45, 7) is 7.98. The van der Waals surface area contributed by atoms with E-state index in [2.05, 4.69) is 30.1 Å². The zero-order valence-corrected chi connectivity index (χ0v) is 16.2. The number of nitrogens with one attached hydrogen (secondary N) is 1. The summed E-state index contributed by atoms with van der Waals surface area (Å²) in [6.07, 6.45) is 1.70. The van der Waals surface area contributed by atoms with E-state index in [1.54, 1.807) is 7.11 Å². The molecule has 0 bridgehead atoms. The highest BCUT2D eigenvalue weighted by Crippen LogP contribution is 2.24. The first-order valence-corrected chi connectivity index (χ1v) is 9.59. The molecule has 6 nitrogen and oxygen atoms in total. The first-order chi connectivity index (χ1) is 12.6. The summed E-state index contributed by atoms with van der Waals surface area (Å²) < 4.78 is 10.7. The van der Waals surface area contributed by atoms with E-state index in [0.29, 0.717) is 19.8 Å². The normalized spacial score (nSPS) is 17.7. The van der Waals surface area contributed by atoms with Gasteiger partial charge >= 0.3 is 0 Å². The minimum absolute atomic E-state index is 0.0723. The van der Waals surface area contributed by atoms with Gasteiger partial charge in [0.05, 0.1) is 19.2 Å². The fourth-order valence-corrected chi connectivity index (χ4v) is 3.58. The number of amides is 1. The van der Waals surface area contributed by atoms with Crippen molar-refractivity contribution < 1.29 is 14.3 Å². The summed E-state index contributed by atoms with van der Waals surface area (Å²) in [5.41, 5.74) is 7.33. The van der Waals surface area contributed by atoms with Gasteiger partial charge in [0.25, 0.3) is 0 Å². The van der Waals surface area contributed by atoms with E-state index in [9.17, 15) is 4.79 Å². The minimum Gasteiger partial charge on any atom is -0.497 e. The molecule has 0 aliphatic carbocycles. The maximum atomic E-state index is 12.6. The smallest absolute Gasteiger partial charge is 0.237 e. The zero-order chi connectivity index (χ0) is 18.9. The third-order valence-corrected chi connectivity index (χ3v) is 5.28. The Balaban J connectivity index is 2.05. The monoisotopic (exact) mass is 363 g/mol. The van der Waals surface area contributed by atoms with Gasteiger partial charge in [-0.2, -0.15) is 0 Å². The molecule has 2 rings (SSSR count).